The molecule has 0 unspecified atom stereocenters. The fraction of sp³-hybridized carbons (Fsp3) is 0.318. The van der Waals surface area contributed by atoms with E-state index in [2.05, 4.69) is 15.0 Å². The Morgan fingerprint density at radius 2 is 1.68 bits per heavy atom. The van der Waals surface area contributed by atoms with Crippen LogP contribution >= 0.6 is 23.2 Å². The number of hydrogen-bond donors (Lipinski definition) is 0. The summed E-state index contributed by atoms with van der Waals surface area (Å²) in [7, 11) is 0. The van der Waals surface area contributed by atoms with Crippen LogP contribution in [0.15, 0.2) is 36.5 Å². The zero-order valence-corrected chi connectivity index (χ0v) is 18.4. The second-order valence-corrected chi connectivity index (χ2v) is 7.73. The number of aromatic nitrogens is 3. The Kier molecular flexibility index (Phi) is 7.38. The van der Waals surface area contributed by atoms with Crippen LogP contribution in [0.3, 0.4) is 0 Å². The van der Waals surface area contributed by atoms with Crippen molar-refractivity contribution in [3.05, 3.63) is 74.9 Å². The molecule has 4 nitrogen and oxygen atoms in total. The molecule has 0 amide bonds. The van der Waals surface area contributed by atoms with E-state index < -0.39 is 11.7 Å². The molecule has 0 aliphatic rings. The van der Waals surface area contributed by atoms with Crippen molar-refractivity contribution in [1.82, 2.24) is 15.0 Å². The summed E-state index contributed by atoms with van der Waals surface area (Å²) in [5.74, 6) is 1.07. The molecule has 1 aromatic carbocycles. The van der Waals surface area contributed by atoms with Gasteiger partial charge in [-0.1, -0.05) is 42.3 Å². The highest BCUT2D eigenvalue weighted by atomic mass is 35.5. The van der Waals surface area contributed by atoms with E-state index in [0.717, 1.165) is 48.7 Å². The Balaban J connectivity index is 1.59. The average Bonchev–Trinajstić information content (AvgIpc) is 2.72. The summed E-state index contributed by atoms with van der Waals surface area (Å²) in [5, 5.41) is 0.431. The Morgan fingerprint density at radius 1 is 1.00 bits per heavy atom. The molecule has 3 aromatic rings. The molecule has 0 saturated carbocycles. The molecule has 0 spiro atoms. The van der Waals surface area contributed by atoms with E-state index in [-0.39, 0.29) is 10.9 Å². The van der Waals surface area contributed by atoms with Gasteiger partial charge in [-0.15, -0.1) is 0 Å². The molecule has 0 bridgehead atoms. The number of pyridine rings is 1. The van der Waals surface area contributed by atoms with E-state index in [1.54, 1.807) is 12.1 Å². The molecule has 0 aliphatic heterocycles. The number of aryl methyl sites for hydroxylation is 4. The van der Waals surface area contributed by atoms with Gasteiger partial charge in [-0.2, -0.15) is 13.2 Å². The van der Waals surface area contributed by atoms with Crippen LogP contribution in [0, 0.1) is 6.92 Å². The molecule has 2 heterocycles. The molecule has 0 atom stereocenters. The Hall–Kier alpha value is -2.38. The molecule has 0 saturated heterocycles. The van der Waals surface area contributed by atoms with Gasteiger partial charge in [-0.05, 0) is 56.4 Å². The van der Waals surface area contributed by atoms with Gasteiger partial charge in [0.25, 0.3) is 0 Å². The third kappa shape index (κ3) is 6.08. The number of ether oxygens (including phenoxy) is 1. The predicted molar refractivity (Wildman–Crippen MR) is 114 cm³/mol. The smallest absolute Gasteiger partial charge is 0.417 e. The number of hydrogen-bond acceptors (Lipinski definition) is 4. The first-order chi connectivity index (χ1) is 14.7. The monoisotopic (exact) mass is 469 g/mol. The molecule has 0 radical (unpaired) electrons. The van der Waals surface area contributed by atoms with Crippen molar-refractivity contribution in [2.45, 2.75) is 45.7 Å². The van der Waals surface area contributed by atoms with Crippen LogP contribution in [-0.2, 0) is 25.4 Å². The summed E-state index contributed by atoms with van der Waals surface area (Å²) >= 11 is 12.3. The first-order valence-corrected chi connectivity index (χ1v) is 10.4. The SMILES string of the molecule is CCc1nc(C)nc(CCCc2ccc(Oc3ncc(C(F)(F)F)cc3Cl)cc2)c1Cl. The van der Waals surface area contributed by atoms with Crippen LogP contribution in [0.25, 0.3) is 0 Å². The molecule has 164 valence electrons. The van der Waals surface area contributed by atoms with Crippen molar-refractivity contribution in [2.24, 2.45) is 0 Å². The van der Waals surface area contributed by atoms with Crippen LogP contribution in [0.2, 0.25) is 10.0 Å². The number of rotatable bonds is 7. The van der Waals surface area contributed by atoms with Crippen LogP contribution < -0.4 is 4.74 Å². The van der Waals surface area contributed by atoms with Gasteiger partial charge >= 0.3 is 6.18 Å². The number of halogens is 5. The Bertz CT molecular complexity index is 1060. The lowest BCUT2D eigenvalue weighted by Gasteiger charge is -2.11. The minimum Gasteiger partial charge on any atom is -0.438 e. The van der Waals surface area contributed by atoms with Crippen LogP contribution in [-0.4, -0.2) is 15.0 Å². The number of alkyl halides is 3. The van der Waals surface area contributed by atoms with Gasteiger partial charge < -0.3 is 4.74 Å². The second kappa shape index (κ2) is 9.83. The quantitative estimate of drug-likeness (QED) is 0.372. The maximum atomic E-state index is 12.7. The van der Waals surface area contributed by atoms with Crippen molar-refractivity contribution in [1.29, 1.82) is 0 Å². The van der Waals surface area contributed by atoms with E-state index >= 15 is 0 Å². The lowest BCUT2D eigenvalue weighted by Crippen LogP contribution is -2.05. The Labute approximate surface area is 188 Å². The van der Waals surface area contributed by atoms with E-state index in [4.69, 9.17) is 27.9 Å². The molecular formula is C22H20Cl2F3N3O. The maximum absolute atomic E-state index is 12.7. The third-order valence-electron chi connectivity index (χ3n) is 4.59. The van der Waals surface area contributed by atoms with Gasteiger partial charge in [-0.25, -0.2) is 15.0 Å². The van der Waals surface area contributed by atoms with Gasteiger partial charge in [0.15, 0.2) is 0 Å². The zero-order chi connectivity index (χ0) is 22.6. The van der Waals surface area contributed by atoms with Crippen molar-refractivity contribution < 1.29 is 17.9 Å². The van der Waals surface area contributed by atoms with E-state index in [0.29, 0.717) is 22.8 Å². The second-order valence-electron chi connectivity index (χ2n) is 6.94. The summed E-state index contributed by atoms with van der Waals surface area (Å²) in [6.45, 7) is 3.87. The first-order valence-electron chi connectivity index (χ1n) is 9.68. The van der Waals surface area contributed by atoms with E-state index in [9.17, 15) is 13.2 Å². The molecule has 9 heteroatoms. The maximum Gasteiger partial charge on any atom is 0.417 e. The summed E-state index contributed by atoms with van der Waals surface area (Å²) in [4.78, 5) is 12.5. The van der Waals surface area contributed by atoms with Crippen molar-refractivity contribution >= 4 is 23.2 Å². The van der Waals surface area contributed by atoms with Gasteiger partial charge in [0.05, 0.1) is 22.0 Å². The molecule has 0 N–H and O–H groups in total. The molecule has 0 aliphatic carbocycles. The van der Waals surface area contributed by atoms with Gasteiger partial charge in [0.1, 0.15) is 16.6 Å². The predicted octanol–water partition coefficient (Wildman–Crippen LogP) is 7.04. The first kappa shape index (κ1) is 23.3. The summed E-state index contributed by atoms with van der Waals surface area (Å²) < 4.78 is 43.6. The van der Waals surface area contributed by atoms with Crippen LogP contribution in [0.4, 0.5) is 13.2 Å². The zero-order valence-electron chi connectivity index (χ0n) is 16.9. The summed E-state index contributed by atoms with van der Waals surface area (Å²) in [6, 6.07) is 8.02. The third-order valence-corrected chi connectivity index (χ3v) is 5.29. The highest BCUT2D eigenvalue weighted by Gasteiger charge is 2.31. The molecule has 31 heavy (non-hydrogen) atoms. The van der Waals surface area contributed by atoms with E-state index in [1.165, 1.54) is 0 Å². The van der Waals surface area contributed by atoms with Gasteiger partial charge in [-0.3, -0.25) is 0 Å². The fourth-order valence-electron chi connectivity index (χ4n) is 3.03. The molecular weight excluding hydrogens is 450 g/mol. The average molecular weight is 470 g/mol. The molecule has 0 fully saturated rings. The summed E-state index contributed by atoms with van der Waals surface area (Å²) in [6.07, 6.45) is -0.664. The van der Waals surface area contributed by atoms with Crippen LogP contribution in [0.1, 0.15) is 41.7 Å². The van der Waals surface area contributed by atoms with Gasteiger partial charge in [0, 0.05) is 6.20 Å². The number of nitrogens with zero attached hydrogens (tertiary/aromatic N) is 3. The largest absolute Gasteiger partial charge is 0.438 e. The standard InChI is InChI=1S/C22H20Cl2F3N3O/c1-3-18-20(24)19(30-13(2)29-18)6-4-5-14-7-9-16(10-8-14)31-21-17(23)11-15(12-28-21)22(25,26)27/h7-12H,3-6H2,1-2H3. The lowest BCUT2D eigenvalue weighted by molar-refractivity contribution is -0.137. The van der Waals surface area contributed by atoms with Crippen molar-refractivity contribution in [2.75, 3.05) is 0 Å². The number of benzene rings is 1. The lowest BCUT2D eigenvalue weighted by atomic mass is 10.1. The van der Waals surface area contributed by atoms with Crippen LogP contribution in [0.5, 0.6) is 11.6 Å². The molecule has 2 aromatic heterocycles. The Morgan fingerprint density at radius 3 is 2.29 bits per heavy atom. The highest BCUT2D eigenvalue weighted by molar-refractivity contribution is 6.32. The minimum absolute atomic E-state index is 0.0806. The topological polar surface area (TPSA) is 47.9 Å². The normalized spacial score (nSPS) is 11.6. The highest BCUT2D eigenvalue weighted by Crippen LogP contribution is 2.34. The van der Waals surface area contributed by atoms with Gasteiger partial charge in [0.2, 0.25) is 5.88 Å². The van der Waals surface area contributed by atoms with Crippen molar-refractivity contribution in [3.8, 4) is 11.6 Å². The summed E-state index contributed by atoms with van der Waals surface area (Å²) in [5.41, 5.74) is 1.87. The minimum atomic E-state index is -4.51. The van der Waals surface area contributed by atoms with Crippen molar-refractivity contribution in [3.63, 3.8) is 0 Å². The molecule has 3 rings (SSSR count). The fourth-order valence-corrected chi connectivity index (χ4v) is 3.55. The van der Waals surface area contributed by atoms with E-state index in [1.807, 2.05) is 26.0 Å².